The average molecular weight is 218 g/mol. The fraction of sp³-hybridized carbons (Fsp3) is 0. The molecule has 0 aliphatic carbocycles. The van der Waals surface area contributed by atoms with E-state index in [-0.39, 0.29) is 22.3 Å². The molecular weight excluding hydrogens is 212 g/mol. The molecule has 0 spiro atoms. The summed E-state index contributed by atoms with van der Waals surface area (Å²) >= 11 is 0. The van der Waals surface area contributed by atoms with E-state index >= 15 is 0 Å². The van der Waals surface area contributed by atoms with Crippen LogP contribution >= 0.6 is 0 Å². The van der Waals surface area contributed by atoms with Crippen molar-refractivity contribution in [1.29, 1.82) is 0 Å². The van der Waals surface area contributed by atoms with Crippen LogP contribution in [0, 0.1) is 0 Å². The maximum atomic E-state index is 11.2. The summed E-state index contributed by atoms with van der Waals surface area (Å²) in [5, 5.41) is 8.90. The van der Waals surface area contributed by atoms with Crippen LogP contribution in [0.15, 0.2) is 18.7 Å². The summed E-state index contributed by atoms with van der Waals surface area (Å²) in [5.41, 5.74) is 0.246. The molecule has 1 heterocycles. The van der Waals surface area contributed by atoms with Gasteiger partial charge in [0.15, 0.2) is 0 Å². The van der Waals surface area contributed by atoms with Gasteiger partial charge in [-0.3, -0.25) is 0 Å². The summed E-state index contributed by atoms with van der Waals surface area (Å²) in [4.78, 5) is 33.3. The molecule has 0 fully saturated rings. The normalized spacial score (nSPS) is 13.2. The molecule has 0 amide bonds. The maximum Gasteiger partial charge on any atom is 0.346 e. The molecule has 1 aliphatic rings. The molecule has 0 saturated heterocycles. The number of carboxylic acids is 1. The first kappa shape index (κ1) is 10.1. The van der Waals surface area contributed by atoms with Crippen LogP contribution in [0.2, 0.25) is 0 Å². The molecule has 1 N–H and O–H groups in total. The highest BCUT2D eigenvalue weighted by Gasteiger charge is 2.31. The summed E-state index contributed by atoms with van der Waals surface area (Å²) < 4.78 is 4.36. The smallest absolute Gasteiger partial charge is 0.346 e. The fourth-order valence-electron chi connectivity index (χ4n) is 1.50. The lowest BCUT2D eigenvalue weighted by molar-refractivity contribution is 0.0443. The molecular formula is C11H6O5. The van der Waals surface area contributed by atoms with Crippen molar-refractivity contribution in [2.75, 3.05) is 0 Å². The highest BCUT2D eigenvalue weighted by atomic mass is 16.6. The van der Waals surface area contributed by atoms with E-state index in [1.807, 2.05) is 0 Å². The van der Waals surface area contributed by atoms with Crippen LogP contribution in [0.5, 0.6) is 0 Å². The number of ether oxygens (including phenoxy) is 1. The third-order valence-electron chi connectivity index (χ3n) is 2.27. The first-order valence-electron chi connectivity index (χ1n) is 4.35. The Hall–Kier alpha value is -2.43. The largest absolute Gasteiger partial charge is 0.478 e. The third kappa shape index (κ3) is 1.30. The van der Waals surface area contributed by atoms with E-state index < -0.39 is 17.9 Å². The van der Waals surface area contributed by atoms with E-state index in [1.54, 1.807) is 0 Å². The highest BCUT2D eigenvalue weighted by Crippen LogP contribution is 2.24. The Balaban J connectivity index is 2.74. The van der Waals surface area contributed by atoms with Gasteiger partial charge in [-0.1, -0.05) is 12.7 Å². The second kappa shape index (κ2) is 3.30. The van der Waals surface area contributed by atoms with E-state index in [1.165, 1.54) is 12.1 Å². The number of carboxylic acid groups (broad SMARTS) is 1. The second-order valence-electron chi connectivity index (χ2n) is 3.17. The van der Waals surface area contributed by atoms with Gasteiger partial charge in [0.2, 0.25) is 0 Å². The molecule has 5 nitrogen and oxygen atoms in total. The minimum Gasteiger partial charge on any atom is -0.478 e. The Labute approximate surface area is 90.0 Å². The Morgan fingerprint density at radius 2 is 1.81 bits per heavy atom. The quantitative estimate of drug-likeness (QED) is 0.598. The van der Waals surface area contributed by atoms with Gasteiger partial charge in [0.1, 0.15) is 0 Å². The lowest BCUT2D eigenvalue weighted by Crippen LogP contribution is -2.03. The van der Waals surface area contributed by atoms with Crippen molar-refractivity contribution in [3.63, 3.8) is 0 Å². The lowest BCUT2D eigenvalue weighted by Gasteiger charge is -2.02. The monoisotopic (exact) mass is 218 g/mol. The number of benzene rings is 1. The van der Waals surface area contributed by atoms with Crippen LogP contribution in [0.25, 0.3) is 6.08 Å². The highest BCUT2D eigenvalue weighted by molar-refractivity contribution is 6.16. The molecule has 0 radical (unpaired) electrons. The van der Waals surface area contributed by atoms with E-state index in [2.05, 4.69) is 11.3 Å². The number of esters is 2. The van der Waals surface area contributed by atoms with Gasteiger partial charge in [0.25, 0.3) is 0 Å². The molecule has 80 valence electrons. The van der Waals surface area contributed by atoms with Crippen molar-refractivity contribution in [2.24, 2.45) is 0 Å². The van der Waals surface area contributed by atoms with E-state index in [0.717, 1.165) is 6.07 Å². The molecule has 1 aromatic rings. The summed E-state index contributed by atoms with van der Waals surface area (Å²) in [6.45, 7) is 3.44. The molecule has 0 bridgehead atoms. The minimum absolute atomic E-state index is 0.0204. The maximum absolute atomic E-state index is 11.2. The van der Waals surface area contributed by atoms with Gasteiger partial charge < -0.3 is 9.84 Å². The summed E-state index contributed by atoms with van der Waals surface area (Å²) in [6, 6.07) is 2.42. The SMILES string of the molecule is C=Cc1cc2c(cc1C(=O)O)C(=O)OC2=O. The number of rotatable bonds is 2. The molecule has 0 saturated carbocycles. The molecule has 0 unspecified atom stereocenters. The van der Waals surface area contributed by atoms with E-state index in [0.29, 0.717) is 0 Å². The first-order valence-corrected chi connectivity index (χ1v) is 4.35. The number of carbonyl (C=O) groups is 3. The van der Waals surface area contributed by atoms with Crippen LogP contribution in [0.3, 0.4) is 0 Å². The zero-order valence-corrected chi connectivity index (χ0v) is 8.02. The zero-order valence-electron chi connectivity index (χ0n) is 8.02. The molecule has 0 atom stereocenters. The second-order valence-corrected chi connectivity index (χ2v) is 3.17. The Morgan fingerprint density at radius 3 is 2.31 bits per heavy atom. The number of hydrogen-bond acceptors (Lipinski definition) is 4. The van der Waals surface area contributed by atoms with Crippen LogP contribution in [0.1, 0.15) is 36.6 Å². The van der Waals surface area contributed by atoms with Crippen molar-refractivity contribution in [3.8, 4) is 0 Å². The average Bonchev–Trinajstić information content (AvgIpc) is 2.52. The molecule has 1 aromatic carbocycles. The Kier molecular flexibility index (Phi) is 2.09. The predicted molar refractivity (Wildman–Crippen MR) is 53.2 cm³/mol. The number of aromatic carboxylic acids is 1. The summed E-state index contributed by atoms with van der Waals surface area (Å²) in [5.74, 6) is -2.78. The number of hydrogen-bond donors (Lipinski definition) is 1. The first-order chi connectivity index (χ1) is 7.54. The van der Waals surface area contributed by atoms with Crippen molar-refractivity contribution in [1.82, 2.24) is 0 Å². The number of carbonyl (C=O) groups excluding carboxylic acids is 2. The van der Waals surface area contributed by atoms with Gasteiger partial charge in [0.05, 0.1) is 16.7 Å². The Morgan fingerprint density at radius 1 is 1.25 bits per heavy atom. The third-order valence-corrected chi connectivity index (χ3v) is 2.27. The van der Waals surface area contributed by atoms with Gasteiger partial charge >= 0.3 is 17.9 Å². The standard InChI is InChI=1S/C11H6O5/c1-2-5-3-7-8(4-6(5)9(12)13)11(15)16-10(7)14/h2-4H,1H2,(H,12,13). The zero-order chi connectivity index (χ0) is 11.9. The van der Waals surface area contributed by atoms with E-state index in [4.69, 9.17) is 5.11 Å². The van der Waals surface area contributed by atoms with Crippen LogP contribution in [-0.4, -0.2) is 23.0 Å². The molecule has 2 rings (SSSR count). The van der Waals surface area contributed by atoms with Crippen molar-refractivity contribution >= 4 is 24.0 Å². The molecule has 1 aliphatic heterocycles. The molecule has 0 aromatic heterocycles. The molecule has 16 heavy (non-hydrogen) atoms. The van der Waals surface area contributed by atoms with Crippen molar-refractivity contribution in [2.45, 2.75) is 0 Å². The van der Waals surface area contributed by atoms with Gasteiger partial charge in [-0.25, -0.2) is 14.4 Å². The van der Waals surface area contributed by atoms with E-state index in [9.17, 15) is 14.4 Å². The van der Waals surface area contributed by atoms with Crippen LogP contribution in [-0.2, 0) is 4.74 Å². The predicted octanol–water partition coefficient (Wildman–Crippen LogP) is 1.34. The molecule has 5 heteroatoms. The van der Waals surface area contributed by atoms with Crippen molar-refractivity contribution in [3.05, 3.63) is 41.0 Å². The fourth-order valence-corrected chi connectivity index (χ4v) is 1.50. The Bertz CT molecular complexity index is 541. The summed E-state index contributed by atoms with van der Waals surface area (Å²) in [6.07, 6.45) is 1.31. The number of cyclic esters (lactones) is 2. The van der Waals surface area contributed by atoms with Crippen LogP contribution in [0.4, 0.5) is 0 Å². The number of fused-ring (bicyclic) bond motifs is 1. The van der Waals surface area contributed by atoms with Crippen LogP contribution < -0.4 is 0 Å². The van der Waals surface area contributed by atoms with Gasteiger partial charge in [0, 0.05) is 0 Å². The minimum atomic E-state index is -1.19. The lowest BCUT2D eigenvalue weighted by atomic mass is 9.99. The van der Waals surface area contributed by atoms with Gasteiger partial charge in [-0.2, -0.15) is 0 Å². The summed E-state index contributed by atoms with van der Waals surface area (Å²) in [7, 11) is 0. The van der Waals surface area contributed by atoms with Gasteiger partial charge in [-0.15, -0.1) is 0 Å². The van der Waals surface area contributed by atoms with Gasteiger partial charge in [-0.05, 0) is 17.7 Å². The topological polar surface area (TPSA) is 80.7 Å². The van der Waals surface area contributed by atoms with Crippen molar-refractivity contribution < 1.29 is 24.2 Å².